The Morgan fingerprint density at radius 3 is 2.03 bits per heavy atom. The van der Waals surface area contributed by atoms with Crippen LogP contribution in [0.1, 0.15) is 31.9 Å². The number of anilines is 1. The van der Waals surface area contributed by atoms with E-state index >= 15 is 0 Å². The van der Waals surface area contributed by atoms with Crippen molar-refractivity contribution in [1.29, 1.82) is 0 Å². The molecule has 2 rings (SSSR count). The third-order valence-electron chi connectivity index (χ3n) is 3.94. The summed E-state index contributed by atoms with van der Waals surface area (Å²) in [7, 11) is 0. The molecule has 2 atom stereocenters. The van der Waals surface area contributed by atoms with Gasteiger partial charge in [-0.2, -0.15) is 26.3 Å². The summed E-state index contributed by atoms with van der Waals surface area (Å²) >= 11 is 0. The molecule has 0 unspecified atom stereocenters. The Morgan fingerprint density at radius 1 is 1.10 bits per heavy atom. The van der Waals surface area contributed by atoms with Crippen molar-refractivity contribution >= 4 is 17.6 Å². The smallest absolute Gasteiger partial charge is 0.416 e. The van der Waals surface area contributed by atoms with Gasteiger partial charge in [-0.1, -0.05) is 0 Å². The second-order valence-corrected chi connectivity index (χ2v) is 7.52. The minimum absolute atomic E-state index is 0.0680. The molecule has 1 aliphatic rings. The van der Waals surface area contributed by atoms with E-state index in [4.69, 9.17) is 9.47 Å². The molecule has 12 heteroatoms. The normalized spacial score (nSPS) is 19.6. The molecule has 1 heterocycles. The Hall–Kier alpha value is -2.34. The predicted molar refractivity (Wildman–Crippen MR) is 90.4 cm³/mol. The highest BCUT2D eigenvalue weighted by molar-refractivity contribution is 6.00. The van der Waals surface area contributed by atoms with Crippen molar-refractivity contribution in [3.63, 3.8) is 0 Å². The Balaban J connectivity index is 2.39. The van der Waals surface area contributed by atoms with E-state index in [-0.39, 0.29) is 19.2 Å². The van der Waals surface area contributed by atoms with Crippen molar-refractivity contribution in [2.75, 3.05) is 18.1 Å². The maximum Gasteiger partial charge on any atom is 0.416 e. The van der Waals surface area contributed by atoms with Gasteiger partial charge < -0.3 is 19.5 Å². The SMILES string of the molecule is CC(C)(C)OC(=O)[C@H](O)[C@H]1OCCN(c2cc(C(F)(F)F)cc(C(F)(F)F)c2)C1=O. The lowest BCUT2D eigenvalue weighted by Gasteiger charge is -2.35. The average Bonchev–Trinajstić information content (AvgIpc) is 2.58. The second kappa shape index (κ2) is 8.06. The summed E-state index contributed by atoms with van der Waals surface area (Å²) in [6.45, 7) is 3.77. The summed E-state index contributed by atoms with van der Waals surface area (Å²) in [5.74, 6) is -2.39. The first kappa shape index (κ1) is 23.9. The summed E-state index contributed by atoms with van der Waals surface area (Å²) in [5, 5.41) is 10.1. The number of aliphatic hydroxyl groups is 1. The lowest BCUT2D eigenvalue weighted by molar-refractivity contribution is -0.177. The van der Waals surface area contributed by atoms with Crippen LogP contribution in [-0.4, -0.2) is 47.9 Å². The topological polar surface area (TPSA) is 76.1 Å². The van der Waals surface area contributed by atoms with E-state index < -0.39 is 58.9 Å². The molecule has 0 radical (unpaired) electrons. The van der Waals surface area contributed by atoms with Gasteiger partial charge in [0.2, 0.25) is 0 Å². The molecule has 1 saturated heterocycles. The van der Waals surface area contributed by atoms with Gasteiger partial charge in [-0.15, -0.1) is 0 Å². The molecule has 168 valence electrons. The summed E-state index contributed by atoms with van der Waals surface area (Å²) in [6, 6.07) is 0.701. The number of halogens is 6. The summed E-state index contributed by atoms with van der Waals surface area (Å²) in [6.07, 6.45) is -14.2. The van der Waals surface area contributed by atoms with Crippen LogP contribution in [-0.2, 0) is 31.4 Å². The lowest BCUT2D eigenvalue weighted by atomic mass is 10.1. The first-order valence-electron chi connectivity index (χ1n) is 8.64. The third kappa shape index (κ3) is 5.63. The zero-order valence-electron chi connectivity index (χ0n) is 16.1. The van der Waals surface area contributed by atoms with Crippen molar-refractivity contribution in [2.45, 2.75) is 50.9 Å². The number of morpholine rings is 1. The van der Waals surface area contributed by atoms with Crippen molar-refractivity contribution in [3.8, 4) is 0 Å². The minimum Gasteiger partial charge on any atom is -0.458 e. The highest BCUT2D eigenvalue weighted by atomic mass is 19.4. The Labute approximate surface area is 167 Å². The zero-order valence-corrected chi connectivity index (χ0v) is 16.1. The predicted octanol–water partition coefficient (Wildman–Crippen LogP) is 3.16. The van der Waals surface area contributed by atoms with Crippen LogP contribution in [0.4, 0.5) is 32.0 Å². The fourth-order valence-corrected chi connectivity index (χ4v) is 2.67. The molecule has 6 nitrogen and oxygen atoms in total. The molecular formula is C18H19F6NO5. The number of amides is 1. The summed E-state index contributed by atoms with van der Waals surface area (Å²) < 4.78 is 88.4. The molecule has 1 N–H and O–H groups in total. The molecule has 0 spiro atoms. The van der Waals surface area contributed by atoms with Crippen molar-refractivity contribution < 1.29 is 50.5 Å². The number of benzene rings is 1. The fraction of sp³-hybridized carbons (Fsp3) is 0.556. The van der Waals surface area contributed by atoms with E-state index in [1.54, 1.807) is 0 Å². The van der Waals surface area contributed by atoms with Gasteiger partial charge in [-0.25, -0.2) is 4.79 Å². The third-order valence-corrected chi connectivity index (χ3v) is 3.94. The number of esters is 1. The number of hydrogen-bond donors (Lipinski definition) is 1. The standard InChI is InChI=1S/C18H19F6NO5/c1-16(2,3)30-15(28)12(26)13-14(27)25(4-5-29-13)11-7-9(17(19,20)21)6-10(8-11)18(22,23)24/h6-8,12-13,26H,4-5H2,1-3H3/t12-,13-/m1/s1. The Bertz CT molecular complexity index is 783. The molecule has 1 aromatic carbocycles. The fourth-order valence-electron chi connectivity index (χ4n) is 2.67. The maximum absolute atomic E-state index is 13.1. The Kier molecular flexibility index (Phi) is 6.43. The number of carbonyl (C=O) groups excluding carboxylic acids is 2. The van der Waals surface area contributed by atoms with E-state index in [1.807, 2.05) is 0 Å². The van der Waals surface area contributed by atoms with Crippen LogP contribution in [0.15, 0.2) is 18.2 Å². The van der Waals surface area contributed by atoms with E-state index in [9.17, 15) is 41.0 Å². The van der Waals surface area contributed by atoms with Gasteiger partial charge in [-0.3, -0.25) is 4.79 Å². The number of ether oxygens (including phenoxy) is 2. The van der Waals surface area contributed by atoms with Gasteiger partial charge in [0.25, 0.3) is 5.91 Å². The van der Waals surface area contributed by atoms with Gasteiger partial charge in [0.15, 0.2) is 12.2 Å². The molecule has 0 aliphatic carbocycles. The molecule has 0 bridgehead atoms. The van der Waals surface area contributed by atoms with Crippen LogP contribution < -0.4 is 4.90 Å². The summed E-state index contributed by atoms with van der Waals surface area (Å²) in [4.78, 5) is 25.2. The van der Waals surface area contributed by atoms with Gasteiger partial charge >= 0.3 is 18.3 Å². The van der Waals surface area contributed by atoms with Crippen molar-refractivity contribution in [2.24, 2.45) is 0 Å². The molecule has 0 saturated carbocycles. The number of hydrogen-bond acceptors (Lipinski definition) is 5. The van der Waals surface area contributed by atoms with E-state index in [2.05, 4.69) is 0 Å². The molecule has 1 aliphatic heterocycles. The number of rotatable bonds is 3. The molecule has 0 aromatic heterocycles. The van der Waals surface area contributed by atoms with Crippen LogP contribution in [0.2, 0.25) is 0 Å². The first-order valence-corrected chi connectivity index (χ1v) is 8.64. The highest BCUT2D eigenvalue weighted by Gasteiger charge is 2.43. The number of nitrogens with zero attached hydrogens (tertiary/aromatic N) is 1. The molecule has 30 heavy (non-hydrogen) atoms. The molecule has 1 fully saturated rings. The van der Waals surface area contributed by atoms with Gasteiger partial charge in [0.1, 0.15) is 5.60 Å². The average molecular weight is 443 g/mol. The van der Waals surface area contributed by atoms with Gasteiger partial charge in [0.05, 0.1) is 17.7 Å². The van der Waals surface area contributed by atoms with Crippen molar-refractivity contribution in [3.05, 3.63) is 29.3 Å². The first-order chi connectivity index (χ1) is 13.5. The quantitative estimate of drug-likeness (QED) is 0.574. The molecular weight excluding hydrogens is 424 g/mol. The van der Waals surface area contributed by atoms with Crippen LogP contribution in [0, 0.1) is 0 Å². The summed E-state index contributed by atoms with van der Waals surface area (Å²) in [5.41, 5.74) is -4.91. The van der Waals surface area contributed by atoms with Crippen LogP contribution in [0.3, 0.4) is 0 Å². The lowest BCUT2D eigenvalue weighted by Crippen LogP contribution is -2.55. The highest BCUT2D eigenvalue weighted by Crippen LogP contribution is 2.39. The molecule has 1 aromatic rings. The van der Waals surface area contributed by atoms with Gasteiger partial charge in [0, 0.05) is 12.2 Å². The monoisotopic (exact) mass is 443 g/mol. The van der Waals surface area contributed by atoms with Gasteiger partial charge in [-0.05, 0) is 39.0 Å². The van der Waals surface area contributed by atoms with Crippen molar-refractivity contribution in [1.82, 2.24) is 0 Å². The Morgan fingerprint density at radius 2 is 1.60 bits per heavy atom. The largest absolute Gasteiger partial charge is 0.458 e. The van der Waals surface area contributed by atoms with E-state index in [0.717, 1.165) is 0 Å². The molecule has 1 amide bonds. The van der Waals surface area contributed by atoms with Crippen LogP contribution in [0.25, 0.3) is 0 Å². The van der Waals surface area contributed by atoms with Crippen LogP contribution in [0.5, 0.6) is 0 Å². The number of alkyl halides is 6. The zero-order chi connectivity index (χ0) is 23.1. The minimum atomic E-state index is -5.10. The second-order valence-electron chi connectivity index (χ2n) is 7.52. The van der Waals surface area contributed by atoms with E-state index in [0.29, 0.717) is 17.0 Å². The maximum atomic E-state index is 13.1. The van der Waals surface area contributed by atoms with Crippen LogP contribution >= 0.6 is 0 Å². The van der Waals surface area contributed by atoms with E-state index in [1.165, 1.54) is 20.8 Å². The number of carbonyl (C=O) groups is 2. The number of aliphatic hydroxyl groups excluding tert-OH is 1.